The molecule has 0 fully saturated rings. The molecule has 0 aliphatic carbocycles. The predicted molar refractivity (Wildman–Crippen MR) is 77.1 cm³/mol. The Hall–Kier alpha value is -2.00. The number of hydrogen-bond acceptors (Lipinski definition) is 2. The quantitative estimate of drug-likeness (QED) is 0.922. The molecular weight excluding hydrogens is 262 g/mol. The van der Waals surface area contributed by atoms with Crippen molar-refractivity contribution >= 4 is 23.2 Å². The summed E-state index contributed by atoms with van der Waals surface area (Å²) >= 11 is 6.00. The maximum absolute atomic E-state index is 12.0. The SMILES string of the molecule is COc1ccc(NC(=O)c2ccc(C)cc2)cc1Cl. The molecule has 1 N–H and O–H groups in total. The first-order chi connectivity index (χ1) is 9.10. The fourth-order valence-corrected chi connectivity index (χ4v) is 1.91. The Morgan fingerprint density at radius 1 is 1.16 bits per heavy atom. The van der Waals surface area contributed by atoms with Crippen LogP contribution in [0.25, 0.3) is 0 Å². The van der Waals surface area contributed by atoms with Gasteiger partial charge in [0, 0.05) is 11.3 Å². The van der Waals surface area contributed by atoms with Gasteiger partial charge in [-0.2, -0.15) is 0 Å². The Labute approximate surface area is 117 Å². The first-order valence-electron chi connectivity index (χ1n) is 5.81. The fraction of sp³-hybridized carbons (Fsp3) is 0.133. The van der Waals surface area contributed by atoms with Crippen molar-refractivity contribution in [2.24, 2.45) is 0 Å². The van der Waals surface area contributed by atoms with Crippen molar-refractivity contribution in [2.45, 2.75) is 6.92 Å². The van der Waals surface area contributed by atoms with Gasteiger partial charge in [-0.1, -0.05) is 29.3 Å². The molecule has 0 saturated heterocycles. The van der Waals surface area contributed by atoms with E-state index in [1.165, 1.54) is 0 Å². The van der Waals surface area contributed by atoms with Crippen LogP contribution in [0.1, 0.15) is 15.9 Å². The van der Waals surface area contributed by atoms with Crippen LogP contribution in [0.2, 0.25) is 5.02 Å². The largest absolute Gasteiger partial charge is 0.495 e. The van der Waals surface area contributed by atoms with E-state index in [1.807, 2.05) is 19.1 Å². The molecule has 2 rings (SSSR count). The van der Waals surface area contributed by atoms with E-state index >= 15 is 0 Å². The van der Waals surface area contributed by atoms with Crippen molar-refractivity contribution in [1.82, 2.24) is 0 Å². The number of hydrogen-bond donors (Lipinski definition) is 1. The molecule has 0 radical (unpaired) electrons. The molecule has 98 valence electrons. The summed E-state index contributed by atoms with van der Waals surface area (Å²) < 4.78 is 5.06. The van der Waals surface area contributed by atoms with Crippen LogP contribution in [0.15, 0.2) is 42.5 Å². The minimum Gasteiger partial charge on any atom is -0.495 e. The van der Waals surface area contributed by atoms with Gasteiger partial charge in [-0.25, -0.2) is 0 Å². The molecule has 0 heterocycles. The molecule has 1 amide bonds. The second-order valence-electron chi connectivity index (χ2n) is 4.17. The fourth-order valence-electron chi connectivity index (χ4n) is 1.65. The average Bonchev–Trinajstić information content (AvgIpc) is 2.39. The van der Waals surface area contributed by atoms with Gasteiger partial charge in [-0.3, -0.25) is 4.79 Å². The Kier molecular flexibility index (Phi) is 4.07. The zero-order valence-corrected chi connectivity index (χ0v) is 11.5. The molecule has 0 aliphatic heterocycles. The minimum atomic E-state index is -0.166. The van der Waals surface area contributed by atoms with Crippen LogP contribution in [-0.2, 0) is 0 Å². The van der Waals surface area contributed by atoms with Crippen molar-refractivity contribution in [1.29, 1.82) is 0 Å². The average molecular weight is 276 g/mol. The van der Waals surface area contributed by atoms with Gasteiger partial charge in [-0.05, 0) is 37.3 Å². The van der Waals surface area contributed by atoms with Gasteiger partial charge in [0.25, 0.3) is 5.91 Å². The number of nitrogens with one attached hydrogen (secondary N) is 1. The maximum Gasteiger partial charge on any atom is 0.255 e. The lowest BCUT2D eigenvalue weighted by Gasteiger charge is -2.08. The van der Waals surface area contributed by atoms with Crippen LogP contribution in [0.4, 0.5) is 5.69 Å². The van der Waals surface area contributed by atoms with E-state index in [0.29, 0.717) is 22.0 Å². The molecule has 0 unspecified atom stereocenters. The highest BCUT2D eigenvalue weighted by atomic mass is 35.5. The van der Waals surface area contributed by atoms with Gasteiger partial charge >= 0.3 is 0 Å². The van der Waals surface area contributed by atoms with E-state index < -0.39 is 0 Å². The summed E-state index contributed by atoms with van der Waals surface area (Å²) in [4.78, 5) is 12.0. The molecule has 4 heteroatoms. The summed E-state index contributed by atoms with van der Waals surface area (Å²) in [7, 11) is 1.55. The molecule has 2 aromatic rings. The van der Waals surface area contributed by atoms with Gasteiger partial charge in [0.05, 0.1) is 12.1 Å². The third kappa shape index (κ3) is 3.26. The molecule has 0 aromatic heterocycles. The van der Waals surface area contributed by atoms with Gasteiger partial charge < -0.3 is 10.1 Å². The highest BCUT2D eigenvalue weighted by molar-refractivity contribution is 6.32. The molecule has 0 aliphatic rings. The lowest BCUT2D eigenvalue weighted by molar-refractivity contribution is 0.102. The van der Waals surface area contributed by atoms with Crippen molar-refractivity contribution in [3.63, 3.8) is 0 Å². The third-order valence-corrected chi connectivity index (χ3v) is 3.02. The van der Waals surface area contributed by atoms with E-state index in [9.17, 15) is 4.79 Å². The number of ether oxygens (including phenoxy) is 1. The Morgan fingerprint density at radius 3 is 2.42 bits per heavy atom. The van der Waals surface area contributed by atoms with Gasteiger partial charge in [-0.15, -0.1) is 0 Å². The number of methoxy groups -OCH3 is 1. The molecule has 0 spiro atoms. The second kappa shape index (κ2) is 5.76. The number of halogens is 1. The number of benzene rings is 2. The summed E-state index contributed by atoms with van der Waals surface area (Å²) in [6.07, 6.45) is 0. The number of carbonyl (C=O) groups is 1. The summed E-state index contributed by atoms with van der Waals surface area (Å²) in [5.41, 5.74) is 2.36. The van der Waals surface area contributed by atoms with E-state index in [0.717, 1.165) is 5.56 Å². The topological polar surface area (TPSA) is 38.3 Å². The first kappa shape index (κ1) is 13.4. The number of rotatable bonds is 3. The zero-order valence-electron chi connectivity index (χ0n) is 10.7. The normalized spacial score (nSPS) is 10.1. The monoisotopic (exact) mass is 275 g/mol. The molecule has 2 aromatic carbocycles. The van der Waals surface area contributed by atoms with Crippen molar-refractivity contribution in [3.05, 3.63) is 58.6 Å². The van der Waals surface area contributed by atoms with Crippen LogP contribution in [0.5, 0.6) is 5.75 Å². The minimum absolute atomic E-state index is 0.166. The number of amides is 1. The van der Waals surface area contributed by atoms with Gasteiger partial charge in [0.1, 0.15) is 5.75 Å². The number of anilines is 1. The molecule has 0 atom stereocenters. The van der Waals surface area contributed by atoms with Crippen molar-refractivity contribution in [3.8, 4) is 5.75 Å². The summed E-state index contributed by atoms with van der Waals surface area (Å²) in [6, 6.07) is 12.5. The highest BCUT2D eigenvalue weighted by Gasteiger charge is 2.07. The third-order valence-electron chi connectivity index (χ3n) is 2.72. The zero-order chi connectivity index (χ0) is 13.8. The summed E-state index contributed by atoms with van der Waals surface area (Å²) in [5, 5.41) is 3.25. The number of carbonyl (C=O) groups excluding carboxylic acids is 1. The molecule has 19 heavy (non-hydrogen) atoms. The van der Waals surface area contributed by atoms with Crippen LogP contribution < -0.4 is 10.1 Å². The lowest BCUT2D eigenvalue weighted by atomic mass is 10.1. The lowest BCUT2D eigenvalue weighted by Crippen LogP contribution is -2.11. The van der Waals surface area contributed by atoms with Crippen molar-refractivity contribution in [2.75, 3.05) is 12.4 Å². The molecule has 0 bridgehead atoms. The molecule has 3 nitrogen and oxygen atoms in total. The smallest absolute Gasteiger partial charge is 0.255 e. The van der Waals surface area contributed by atoms with E-state index in [2.05, 4.69) is 5.32 Å². The number of aryl methyl sites for hydroxylation is 1. The highest BCUT2D eigenvalue weighted by Crippen LogP contribution is 2.27. The molecular formula is C15H14ClNO2. The standard InChI is InChI=1S/C15H14ClNO2/c1-10-3-5-11(6-4-10)15(18)17-12-7-8-14(19-2)13(16)9-12/h3-9H,1-2H3,(H,17,18). The van der Waals surface area contributed by atoms with E-state index in [4.69, 9.17) is 16.3 Å². The van der Waals surface area contributed by atoms with E-state index in [-0.39, 0.29) is 5.91 Å². The van der Waals surface area contributed by atoms with E-state index in [1.54, 1.807) is 37.4 Å². The molecule has 0 saturated carbocycles. The second-order valence-corrected chi connectivity index (χ2v) is 4.58. The Bertz CT molecular complexity index is 594. The summed E-state index contributed by atoms with van der Waals surface area (Å²) in [6.45, 7) is 1.98. The van der Waals surface area contributed by atoms with Crippen LogP contribution in [-0.4, -0.2) is 13.0 Å². The van der Waals surface area contributed by atoms with Crippen LogP contribution in [0.3, 0.4) is 0 Å². The van der Waals surface area contributed by atoms with Crippen molar-refractivity contribution < 1.29 is 9.53 Å². The van der Waals surface area contributed by atoms with Crippen LogP contribution in [0, 0.1) is 6.92 Å². The predicted octanol–water partition coefficient (Wildman–Crippen LogP) is 3.91. The summed E-state index contributed by atoms with van der Waals surface area (Å²) in [5.74, 6) is 0.413. The first-order valence-corrected chi connectivity index (χ1v) is 6.19. The van der Waals surface area contributed by atoms with Gasteiger partial charge in [0.15, 0.2) is 0 Å². The Balaban J connectivity index is 2.14. The Morgan fingerprint density at radius 2 is 1.84 bits per heavy atom. The maximum atomic E-state index is 12.0. The van der Waals surface area contributed by atoms with Gasteiger partial charge in [0.2, 0.25) is 0 Å². The van der Waals surface area contributed by atoms with Crippen LogP contribution >= 0.6 is 11.6 Å².